The summed E-state index contributed by atoms with van der Waals surface area (Å²) in [6, 6.07) is 0. The summed E-state index contributed by atoms with van der Waals surface area (Å²) in [5, 5.41) is 12.8. The van der Waals surface area contributed by atoms with Crippen molar-refractivity contribution in [2.45, 2.75) is 64.8 Å². The molecule has 0 aromatic heterocycles. The molecule has 0 amide bonds. The van der Waals surface area contributed by atoms with Crippen molar-refractivity contribution in [1.29, 1.82) is 0 Å². The molecule has 0 saturated heterocycles. The lowest BCUT2D eigenvalue weighted by Gasteiger charge is -2.44. The molecule has 0 atom stereocenters. The van der Waals surface area contributed by atoms with Crippen molar-refractivity contribution < 1.29 is 5.11 Å². The van der Waals surface area contributed by atoms with Gasteiger partial charge in [-0.15, -0.1) is 0 Å². The van der Waals surface area contributed by atoms with Crippen molar-refractivity contribution in [1.82, 2.24) is 5.32 Å². The van der Waals surface area contributed by atoms with Crippen LogP contribution in [0.3, 0.4) is 0 Å². The van der Waals surface area contributed by atoms with Crippen LogP contribution < -0.4 is 5.32 Å². The Morgan fingerprint density at radius 2 is 1.73 bits per heavy atom. The van der Waals surface area contributed by atoms with Gasteiger partial charge in [-0.3, -0.25) is 0 Å². The Bertz CT molecular complexity index is 179. The predicted octanol–water partition coefficient (Wildman–Crippen LogP) is 2.71. The molecule has 1 aliphatic rings. The van der Waals surface area contributed by atoms with E-state index in [9.17, 15) is 5.11 Å². The highest BCUT2D eigenvalue weighted by Crippen LogP contribution is 2.41. The van der Waals surface area contributed by atoms with Gasteiger partial charge in [-0.05, 0) is 50.5 Å². The van der Waals surface area contributed by atoms with Crippen LogP contribution in [-0.4, -0.2) is 23.8 Å². The van der Waals surface area contributed by atoms with Gasteiger partial charge in [0, 0.05) is 12.1 Å². The first-order valence-electron chi connectivity index (χ1n) is 6.39. The number of hydrogen-bond acceptors (Lipinski definition) is 2. The van der Waals surface area contributed by atoms with Crippen LogP contribution in [0.5, 0.6) is 0 Å². The third-order valence-corrected chi connectivity index (χ3v) is 3.90. The molecular formula is C13H27NO. The maximum atomic E-state index is 9.17. The maximum absolute atomic E-state index is 9.17. The Kier molecular flexibility index (Phi) is 4.60. The van der Waals surface area contributed by atoms with Crippen LogP contribution in [0.2, 0.25) is 0 Å². The molecule has 1 fully saturated rings. The zero-order valence-electron chi connectivity index (χ0n) is 10.6. The van der Waals surface area contributed by atoms with Crippen molar-refractivity contribution in [3.8, 4) is 0 Å². The molecule has 15 heavy (non-hydrogen) atoms. The minimum absolute atomic E-state index is 0.236. The van der Waals surface area contributed by atoms with E-state index >= 15 is 0 Å². The Morgan fingerprint density at radius 3 is 2.20 bits per heavy atom. The molecule has 2 heteroatoms. The largest absolute Gasteiger partial charge is 0.396 e. The van der Waals surface area contributed by atoms with E-state index in [1.54, 1.807) is 0 Å². The van der Waals surface area contributed by atoms with Crippen molar-refractivity contribution in [3.63, 3.8) is 0 Å². The summed E-state index contributed by atoms with van der Waals surface area (Å²) in [4.78, 5) is 0. The van der Waals surface area contributed by atoms with Gasteiger partial charge in [-0.25, -0.2) is 0 Å². The summed E-state index contributed by atoms with van der Waals surface area (Å²) in [6.07, 6.45) is 7.11. The lowest BCUT2D eigenvalue weighted by molar-refractivity contribution is 0.107. The lowest BCUT2D eigenvalue weighted by atomic mass is 9.68. The highest BCUT2D eigenvalue weighted by molar-refractivity contribution is 4.95. The van der Waals surface area contributed by atoms with Crippen LogP contribution >= 0.6 is 0 Å². The maximum Gasteiger partial charge on any atom is 0.0448 e. The fourth-order valence-electron chi connectivity index (χ4n) is 2.52. The van der Waals surface area contributed by atoms with E-state index in [-0.39, 0.29) is 5.54 Å². The van der Waals surface area contributed by atoms with E-state index in [2.05, 4.69) is 26.1 Å². The smallest absolute Gasteiger partial charge is 0.0448 e. The Balaban J connectivity index is 2.52. The number of hydrogen-bond donors (Lipinski definition) is 2. The summed E-state index contributed by atoms with van der Waals surface area (Å²) in [5.74, 6) is 0. The molecule has 0 heterocycles. The summed E-state index contributed by atoms with van der Waals surface area (Å²) in [5.41, 5.74) is 0.743. The van der Waals surface area contributed by atoms with Crippen LogP contribution in [0.15, 0.2) is 0 Å². The van der Waals surface area contributed by atoms with E-state index in [1.165, 1.54) is 32.1 Å². The van der Waals surface area contributed by atoms with Gasteiger partial charge >= 0.3 is 0 Å². The molecule has 2 N–H and O–H groups in total. The zero-order chi connectivity index (χ0) is 11.4. The molecule has 0 spiro atoms. The summed E-state index contributed by atoms with van der Waals surface area (Å²) in [6.45, 7) is 8.31. The summed E-state index contributed by atoms with van der Waals surface area (Å²) in [7, 11) is 0. The quantitative estimate of drug-likeness (QED) is 0.736. The van der Waals surface area contributed by atoms with Gasteiger partial charge in [0.25, 0.3) is 0 Å². The van der Waals surface area contributed by atoms with Crippen molar-refractivity contribution in [3.05, 3.63) is 0 Å². The van der Waals surface area contributed by atoms with Gasteiger partial charge in [0.15, 0.2) is 0 Å². The standard InChI is InChI=1S/C13H27NO/c1-4-10-14-13(9-11-15)7-5-12(2,3)6-8-13/h14-15H,4-11H2,1-3H3. The summed E-state index contributed by atoms with van der Waals surface area (Å²) < 4.78 is 0. The molecule has 1 aliphatic carbocycles. The second-order valence-corrected chi connectivity index (χ2v) is 5.84. The van der Waals surface area contributed by atoms with E-state index < -0.39 is 0 Å². The molecule has 0 radical (unpaired) electrons. The molecule has 0 aromatic carbocycles. The number of rotatable bonds is 5. The third-order valence-electron chi connectivity index (χ3n) is 3.90. The van der Waals surface area contributed by atoms with Gasteiger partial charge in [-0.1, -0.05) is 20.8 Å². The molecule has 90 valence electrons. The van der Waals surface area contributed by atoms with E-state index in [0.29, 0.717) is 12.0 Å². The van der Waals surface area contributed by atoms with Gasteiger partial charge < -0.3 is 10.4 Å². The van der Waals surface area contributed by atoms with Crippen LogP contribution in [-0.2, 0) is 0 Å². The van der Waals surface area contributed by atoms with Crippen molar-refractivity contribution in [2.24, 2.45) is 5.41 Å². The molecule has 0 unspecified atom stereocenters. The number of aliphatic hydroxyl groups excluding tert-OH is 1. The van der Waals surface area contributed by atoms with Crippen molar-refractivity contribution >= 4 is 0 Å². The second-order valence-electron chi connectivity index (χ2n) is 5.84. The number of nitrogens with one attached hydrogen (secondary N) is 1. The highest BCUT2D eigenvalue weighted by atomic mass is 16.3. The number of aliphatic hydroxyl groups is 1. The van der Waals surface area contributed by atoms with Crippen LogP contribution in [0, 0.1) is 5.41 Å². The Labute approximate surface area is 94.5 Å². The normalized spacial score (nSPS) is 24.0. The minimum Gasteiger partial charge on any atom is -0.396 e. The average molecular weight is 213 g/mol. The third kappa shape index (κ3) is 3.76. The Hall–Kier alpha value is -0.0800. The second kappa shape index (κ2) is 5.31. The fraction of sp³-hybridized carbons (Fsp3) is 1.00. The highest BCUT2D eigenvalue weighted by Gasteiger charge is 2.37. The van der Waals surface area contributed by atoms with Gasteiger partial charge in [0.1, 0.15) is 0 Å². The fourth-order valence-corrected chi connectivity index (χ4v) is 2.52. The summed E-state index contributed by atoms with van der Waals surface area (Å²) >= 11 is 0. The molecule has 0 bridgehead atoms. The van der Waals surface area contributed by atoms with E-state index in [0.717, 1.165) is 13.0 Å². The van der Waals surface area contributed by atoms with Gasteiger partial charge in [0.2, 0.25) is 0 Å². The van der Waals surface area contributed by atoms with Gasteiger partial charge in [-0.2, -0.15) is 0 Å². The Morgan fingerprint density at radius 1 is 1.13 bits per heavy atom. The van der Waals surface area contributed by atoms with Crippen LogP contribution in [0.4, 0.5) is 0 Å². The van der Waals surface area contributed by atoms with E-state index in [1.807, 2.05) is 0 Å². The molecule has 0 aromatic rings. The first-order chi connectivity index (χ1) is 7.04. The first kappa shape index (κ1) is 13.0. The average Bonchev–Trinajstić information content (AvgIpc) is 2.20. The SMILES string of the molecule is CCCNC1(CCO)CCC(C)(C)CC1. The molecule has 1 saturated carbocycles. The lowest BCUT2D eigenvalue weighted by Crippen LogP contribution is -2.50. The predicted molar refractivity (Wildman–Crippen MR) is 65.0 cm³/mol. The molecule has 0 aliphatic heterocycles. The van der Waals surface area contributed by atoms with Crippen LogP contribution in [0.1, 0.15) is 59.3 Å². The van der Waals surface area contributed by atoms with Gasteiger partial charge in [0.05, 0.1) is 0 Å². The molecular weight excluding hydrogens is 186 g/mol. The van der Waals surface area contributed by atoms with Crippen molar-refractivity contribution in [2.75, 3.05) is 13.2 Å². The monoisotopic (exact) mass is 213 g/mol. The van der Waals surface area contributed by atoms with E-state index in [4.69, 9.17) is 0 Å². The minimum atomic E-state index is 0.236. The topological polar surface area (TPSA) is 32.3 Å². The molecule has 1 rings (SSSR count). The zero-order valence-corrected chi connectivity index (χ0v) is 10.6. The first-order valence-corrected chi connectivity index (χ1v) is 6.39. The molecule has 2 nitrogen and oxygen atoms in total. The van der Waals surface area contributed by atoms with Crippen LogP contribution in [0.25, 0.3) is 0 Å².